The molecule has 3 aromatic rings. The van der Waals surface area contributed by atoms with E-state index in [0.29, 0.717) is 17.0 Å². The molecule has 44 heavy (non-hydrogen) atoms. The monoisotopic (exact) mass is 825 g/mol. The van der Waals surface area contributed by atoms with Gasteiger partial charge in [-0.15, -0.1) is 17.7 Å². The number of nitrogens with two attached hydrogens (primary N) is 1. The zero-order valence-electron chi connectivity index (χ0n) is 26.5. The minimum atomic E-state index is -0.528. The Morgan fingerprint density at radius 1 is 1.11 bits per heavy atom. The van der Waals surface area contributed by atoms with Crippen molar-refractivity contribution < 1.29 is 50.2 Å². The van der Waals surface area contributed by atoms with E-state index in [0.717, 1.165) is 42.6 Å². The summed E-state index contributed by atoms with van der Waals surface area (Å²) in [5.74, 6) is 0.513. The van der Waals surface area contributed by atoms with Crippen LogP contribution in [0.15, 0.2) is 80.0 Å². The minimum Gasteiger partial charge on any atom is -0.523 e. The molecule has 0 bridgehead atoms. The van der Waals surface area contributed by atoms with E-state index < -0.39 is 5.91 Å². The summed E-state index contributed by atoms with van der Waals surface area (Å²) in [4.78, 5) is 23.8. The summed E-state index contributed by atoms with van der Waals surface area (Å²) in [7, 11) is 1.58. The standard InChI is InChI=1S/C23H21N4O3.C10H21NO.CH3.U/c1-4-5-21(16-8-12-19(30-3)13-9-16)27-15(2)14-20(26-27)23(29)25-18-10-6-17(7-11-18)22(24)28;1-4-11-7-9-12-8-5-6-10(2)3;;/h4-12,14H,1H2,2-3H3,(H2,24,28)(H,25,29);4,10-11H,1,5-9H2,2-3H3;1H3;/q-1;;-1;+2/b21-5-;;;. The number of hydrogen-bond acceptors (Lipinski definition) is 6. The summed E-state index contributed by atoms with van der Waals surface area (Å²) in [6.45, 7) is 16.2. The predicted molar refractivity (Wildman–Crippen MR) is 175 cm³/mol. The van der Waals surface area contributed by atoms with Crippen LogP contribution < -0.4 is 21.1 Å². The van der Waals surface area contributed by atoms with Crippen molar-refractivity contribution in [3.05, 3.63) is 116 Å². The quantitative estimate of drug-likeness (QED) is 0.0977. The summed E-state index contributed by atoms with van der Waals surface area (Å²) in [6, 6.07) is 16.5. The molecule has 0 fully saturated rings. The third-order valence-electron chi connectivity index (χ3n) is 5.96. The molecule has 0 aliphatic heterocycles. The number of aryl methyl sites for hydroxylation is 1. The van der Waals surface area contributed by atoms with Gasteiger partial charge in [-0.1, -0.05) is 33.1 Å². The second-order valence-corrected chi connectivity index (χ2v) is 9.72. The van der Waals surface area contributed by atoms with Crippen LogP contribution in [0, 0.1) is 57.4 Å². The van der Waals surface area contributed by atoms with Crippen LogP contribution in [0.3, 0.4) is 0 Å². The van der Waals surface area contributed by atoms with E-state index in [9.17, 15) is 9.59 Å². The van der Waals surface area contributed by atoms with Crippen molar-refractivity contribution in [2.45, 2.75) is 33.6 Å². The van der Waals surface area contributed by atoms with Gasteiger partial charge in [0, 0.05) is 41.5 Å². The Labute approximate surface area is 286 Å². The molecular weight excluding hydrogens is 780 g/mol. The van der Waals surface area contributed by atoms with Gasteiger partial charge in [-0.2, -0.15) is 17.2 Å². The summed E-state index contributed by atoms with van der Waals surface area (Å²) >= 11 is 0. The van der Waals surface area contributed by atoms with E-state index in [2.05, 4.69) is 48.8 Å². The Kier molecular flexibility index (Phi) is 20.2. The molecular formula is C34H45N5O4U. The molecule has 0 unspecified atom stereocenters. The summed E-state index contributed by atoms with van der Waals surface area (Å²) < 4.78 is 12.2. The smallest absolute Gasteiger partial charge is 0.523 e. The molecule has 2 amide bonds. The van der Waals surface area contributed by atoms with Gasteiger partial charge in [0.25, 0.3) is 5.91 Å². The number of nitrogens with zero attached hydrogens (tertiary/aromatic N) is 2. The number of carbonyl (C=O) groups is 2. The van der Waals surface area contributed by atoms with Crippen molar-refractivity contribution in [2.24, 2.45) is 11.7 Å². The molecule has 0 radical (unpaired) electrons. The Bertz CT molecular complexity index is 1330. The number of nitrogens with one attached hydrogen (secondary N) is 2. The molecule has 234 valence electrons. The van der Waals surface area contributed by atoms with Gasteiger partial charge in [0.15, 0.2) is 5.69 Å². The molecule has 9 nitrogen and oxygen atoms in total. The fourth-order valence-corrected chi connectivity index (χ4v) is 3.77. The van der Waals surface area contributed by atoms with E-state index in [1.807, 2.05) is 13.0 Å². The van der Waals surface area contributed by atoms with Gasteiger partial charge in [0.2, 0.25) is 5.91 Å². The summed E-state index contributed by atoms with van der Waals surface area (Å²) in [6.07, 6.45) is 7.58. The number of benzene rings is 2. The molecule has 3 rings (SSSR count). The molecule has 2 aromatic carbocycles. The minimum absolute atomic E-state index is 0. The topological polar surface area (TPSA) is 121 Å². The van der Waals surface area contributed by atoms with Crippen LogP contribution in [-0.4, -0.2) is 48.5 Å². The third-order valence-corrected chi connectivity index (χ3v) is 5.96. The Balaban J connectivity index is 0.00000113. The number of amides is 2. The molecule has 4 N–H and O–H groups in total. The number of allylic oxidation sites excluding steroid dienone is 2. The van der Waals surface area contributed by atoms with E-state index in [1.54, 1.807) is 72.6 Å². The van der Waals surface area contributed by atoms with Crippen molar-refractivity contribution in [3.63, 3.8) is 0 Å². The number of hydrogen-bond donors (Lipinski definition) is 3. The molecule has 0 saturated carbocycles. The first kappa shape index (κ1) is 40.4. The normalized spacial score (nSPS) is 10.3. The maximum atomic E-state index is 12.7. The van der Waals surface area contributed by atoms with Gasteiger partial charge < -0.3 is 33.3 Å². The van der Waals surface area contributed by atoms with Gasteiger partial charge in [-0.05, 0) is 68.3 Å². The maximum absolute atomic E-state index is 12.7. The zero-order chi connectivity index (χ0) is 30.9. The number of anilines is 1. The van der Waals surface area contributed by atoms with E-state index in [1.165, 1.54) is 12.8 Å². The van der Waals surface area contributed by atoms with Crippen LogP contribution in [0.2, 0.25) is 0 Å². The van der Waals surface area contributed by atoms with Crippen LogP contribution in [0.5, 0.6) is 5.75 Å². The molecule has 0 atom stereocenters. The number of rotatable bonds is 15. The molecule has 10 heteroatoms. The number of primary amides is 1. The number of ether oxygens (including phenoxy) is 2. The zero-order valence-corrected chi connectivity index (χ0v) is 30.6. The Hall–Kier alpha value is -3.58. The van der Waals surface area contributed by atoms with Crippen molar-refractivity contribution in [1.29, 1.82) is 0 Å². The fraction of sp³-hybridized carbons (Fsp3) is 0.294. The number of methoxy groups -OCH3 is 1. The number of aromatic nitrogens is 2. The van der Waals surface area contributed by atoms with Gasteiger partial charge >= 0.3 is 31.1 Å². The van der Waals surface area contributed by atoms with Crippen LogP contribution in [-0.2, 0) is 4.74 Å². The van der Waals surface area contributed by atoms with Crippen LogP contribution in [0.25, 0.3) is 5.70 Å². The molecule has 0 saturated heterocycles. The molecule has 0 aliphatic carbocycles. The Morgan fingerprint density at radius 2 is 1.80 bits per heavy atom. The van der Waals surface area contributed by atoms with Gasteiger partial charge in [0.1, 0.15) is 0 Å². The largest absolute Gasteiger partial charge is 2.00 e. The van der Waals surface area contributed by atoms with E-state index in [4.69, 9.17) is 15.2 Å². The fourth-order valence-electron chi connectivity index (χ4n) is 3.77. The first-order valence-electron chi connectivity index (χ1n) is 13.8. The van der Waals surface area contributed by atoms with Crippen molar-refractivity contribution in [1.82, 2.24) is 15.1 Å². The first-order valence-corrected chi connectivity index (χ1v) is 13.8. The number of carbonyl (C=O) groups excluding carboxylic acids is 2. The second-order valence-electron chi connectivity index (χ2n) is 9.72. The van der Waals surface area contributed by atoms with Crippen LogP contribution in [0.1, 0.15) is 58.8 Å². The average molecular weight is 826 g/mol. The molecule has 0 aliphatic rings. The van der Waals surface area contributed by atoms with Crippen LogP contribution in [0.4, 0.5) is 5.69 Å². The van der Waals surface area contributed by atoms with E-state index >= 15 is 0 Å². The van der Waals surface area contributed by atoms with Crippen LogP contribution >= 0.6 is 0 Å². The average Bonchev–Trinajstić information content (AvgIpc) is 3.37. The van der Waals surface area contributed by atoms with Gasteiger partial charge in [-0.25, -0.2) is 4.68 Å². The van der Waals surface area contributed by atoms with E-state index in [-0.39, 0.29) is 50.1 Å². The first-order chi connectivity index (χ1) is 20.2. The van der Waals surface area contributed by atoms with Gasteiger partial charge in [-0.3, -0.25) is 9.59 Å². The SMILES string of the molecule is C=C/C=C(/c1c[c-]c(OC)cc1)n1nc(C(=O)Nc2ccc(C(N)=O)cc2)cc1C.C=CNCCOCCCC(C)C.[CH3-].[U+2]. The van der Waals surface area contributed by atoms with Crippen molar-refractivity contribution >= 4 is 23.2 Å². The van der Waals surface area contributed by atoms with Crippen molar-refractivity contribution in [2.75, 3.05) is 32.2 Å². The Morgan fingerprint density at radius 3 is 2.34 bits per heavy atom. The molecule has 1 heterocycles. The van der Waals surface area contributed by atoms with Gasteiger partial charge in [0.05, 0.1) is 13.7 Å². The maximum Gasteiger partial charge on any atom is 2.00 e. The second kappa shape index (κ2) is 22.0. The molecule has 1 aromatic heterocycles. The third kappa shape index (κ3) is 13.8. The summed E-state index contributed by atoms with van der Waals surface area (Å²) in [5.41, 5.74) is 8.73. The predicted octanol–water partition coefficient (Wildman–Crippen LogP) is 6.05. The summed E-state index contributed by atoms with van der Waals surface area (Å²) in [5, 5.41) is 10.2. The molecule has 0 spiro atoms. The van der Waals surface area contributed by atoms with Crippen molar-refractivity contribution in [3.8, 4) is 5.75 Å².